The van der Waals surface area contributed by atoms with E-state index in [1.807, 2.05) is 0 Å². The fourth-order valence-corrected chi connectivity index (χ4v) is 2.78. The van der Waals surface area contributed by atoms with Crippen molar-refractivity contribution in [3.63, 3.8) is 0 Å². The summed E-state index contributed by atoms with van der Waals surface area (Å²) in [6, 6.07) is 0. The number of aliphatic hydroxyl groups is 7. The first-order chi connectivity index (χ1) is 10.8. The van der Waals surface area contributed by atoms with Gasteiger partial charge in [0.15, 0.2) is 6.29 Å². The van der Waals surface area contributed by atoms with Crippen LogP contribution in [0.1, 0.15) is 6.92 Å². The monoisotopic (exact) mass is 340 g/mol. The first kappa shape index (κ1) is 18.9. The molecule has 0 saturated carbocycles. The Hall–Kier alpha value is -0.400. The van der Waals surface area contributed by atoms with E-state index in [0.717, 1.165) is 0 Å². The van der Waals surface area contributed by atoms with E-state index in [2.05, 4.69) is 0 Å². The van der Waals surface area contributed by atoms with Gasteiger partial charge in [-0.1, -0.05) is 0 Å². The molecule has 2 aliphatic rings. The van der Waals surface area contributed by atoms with E-state index in [4.69, 9.17) is 19.3 Å². The SMILES string of the molecule is C[C@@H]1OC(CO)[C@@H](O[C@@H]2OC(CO)[C@H](O)[C@H](O)C2O)[C@H](O)C1O. The summed E-state index contributed by atoms with van der Waals surface area (Å²) in [5.74, 6) is 0. The molecule has 2 rings (SSSR count). The predicted molar refractivity (Wildman–Crippen MR) is 72.1 cm³/mol. The summed E-state index contributed by atoms with van der Waals surface area (Å²) in [7, 11) is 0. The normalized spacial score (nSPS) is 51.7. The Morgan fingerprint density at radius 2 is 1.35 bits per heavy atom. The lowest BCUT2D eigenvalue weighted by Gasteiger charge is -2.45. The lowest BCUT2D eigenvalue weighted by molar-refractivity contribution is -0.341. The molecule has 136 valence electrons. The van der Waals surface area contributed by atoms with E-state index >= 15 is 0 Å². The lowest BCUT2D eigenvalue weighted by atomic mass is 9.95. The Balaban J connectivity index is 2.11. The average Bonchev–Trinajstić information content (AvgIpc) is 2.55. The molecule has 0 aliphatic carbocycles. The van der Waals surface area contributed by atoms with Gasteiger partial charge in [-0.25, -0.2) is 0 Å². The number of rotatable bonds is 4. The quantitative estimate of drug-likeness (QED) is 0.265. The van der Waals surface area contributed by atoms with Crippen molar-refractivity contribution in [2.75, 3.05) is 13.2 Å². The van der Waals surface area contributed by atoms with Crippen LogP contribution in [0, 0.1) is 0 Å². The zero-order chi connectivity index (χ0) is 17.3. The Labute approximate surface area is 132 Å². The maximum Gasteiger partial charge on any atom is 0.187 e. The molecule has 10 heteroatoms. The van der Waals surface area contributed by atoms with Gasteiger partial charge in [0.1, 0.15) is 48.8 Å². The van der Waals surface area contributed by atoms with Crippen LogP contribution in [-0.2, 0) is 14.2 Å². The first-order valence-electron chi connectivity index (χ1n) is 7.40. The molecule has 2 saturated heterocycles. The minimum Gasteiger partial charge on any atom is -0.394 e. The van der Waals surface area contributed by atoms with Crippen LogP contribution in [-0.4, -0.2) is 110 Å². The summed E-state index contributed by atoms with van der Waals surface area (Å²) in [6.45, 7) is 0.369. The number of hydrogen-bond donors (Lipinski definition) is 7. The second-order valence-corrected chi connectivity index (χ2v) is 5.84. The second kappa shape index (κ2) is 7.66. The van der Waals surface area contributed by atoms with Crippen molar-refractivity contribution in [3.8, 4) is 0 Å². The van der Waals surface area contributed by atoms with Crippen LogP contribution in [0.15, 0.2) is 0 Å². The largest absolute Gasteiger partial charge is 0.394 e. The molecule has 0 bridgehead atoms. The van der Waals surface area contributed by atoms with E-state index < -0.39 is 74.4 Å². The number of ether oxygens (including phenoxy) is 3. The highest BCUT2D eigenvalue weighted by molar-refractivity contribution is 4.94. The molecule has 7 N–H and O–H groups in total. The van der Waals surface area contributed by atoms with Crippen LogP contribution in [0.5, 0.6) is 0 Å². The Morgan fingerprint density at radius 3 is 1.91 bits per heavy atom. The lowest BCUT2D eigenvalue weighted by Crippen LogP contribution is -2.64. The molecule has 0 amide bonds. The molecule has 0 aromatic rings. The minimum absolute atomic E-state index is 0.518. The minimum atomic E-state index is -1.66. The van der Waals surface area contributed by atoms with E-state index in [9.17, 15) is 30.6 Å². The highest BCUT2D eigenvalue weighted by Gasteiger charge is 2.49. The molecule has 2 fully saturated rings. The topological polar surface area (TPSA) is 169 Å². The zero-order valence-electron chi connectivity index (χ0n) is 12.5. The van der Waals surface area contributed by atoms with Crippen molar-refractivity contribution < 1.29 is 50.0 Å². The fourth-order valence-electron chi connectivity index (χ4n) is 2.78. The van der Waals surface area contributed by atoms with Crippen molar-refractivity contribution in [3.05, 3.63) is 0 Å². The molecule has 2 aliphatic heterocycles. The fraction of sp³-hybridized carbons (Fsp3) is 1.00. The summed E-state index contributed by atoms with van der Waals surface area (Å²) in [5.41, 5.74) is 0. The van der Waals surface area contributed by atoms with Crippen molar-refractivity contribution in [2.45, 2.75) is 68.1 Å². The van der Waals surface area contributed by atoms with E-state index in [1.165, 1.54) is 6.92 Å². The summed E-state index contributed by atoms with van der Waals surface area (Å²) < 4.78 is 15.9. The maximum atomic E-state index is 10.1. The van der Waals surface area contributed by atoms with Crippen LogP contribution >= 0.6 is 0 Å². The molecular weight excluding hydrogens is 316 g/mol. The van der Waals surface area contributed by atoms with Gasteiger partial charge in [0, 0.05) is 0 Å². The van der Waals surface area contributed by atoms with Crippen molar-refractivity contribution in [1.29, 1.82) is 0 Å². The summed E-state index contributed by atoms with van der Waals surface area (Å²) in [5, 5.41) is 67.8. The molecule has 10 atom stereocenters. The van der Waals surface area contributed by atoms with Crippen molar-refractivity contribution in [2.24, 2.45) is 0 Å². The third kappa shape index (κ3) is 3.66. The average molecular weight is 340 g/mol. The molecule has 10 nitrogen and oxygen atoms in total. The van der Waals surface area contributed by atoms with Gasteiger partial charge >= 0.3 is 0 Å². The van der Waals surface area contributed by atoms with E-state index in [-0.39, 0.29) is 0 Å². The van der Waals surface area contributed by atoms with Gasteiger partial charge in [-0.3, -0.25) is 0 Å². The van der Waals surface area contributed by atoms with Crippen LogP contribution < -0.4 is 0 Å². The molecule has 4 unspecified atom stereocenters. The highest BCUT2D eigenvalue weighted by Crippen LogP contribution is 2.28. The summed E-state index contributed by atoms with van der Waals surface area (Å²) in [4.78, 5) is 0. The van der Waals surface area contributed by atoms with Gasteiger partial charge in [-0.2, -0.15) is 0 Å². The van der Waals surface area contributed by atoms with Crippen LogP contribution in [0.4, 0.5) is 0 Å². The van der Waals surface area contributed by atoms with Crippen molar-refractivity contribution >= 4 is 0 Å². The molecule has 2 heterocycles. The smallest absolute Gasteiger partial charge is 0.187 e. The Kier molecular flexibility index (Phi) is 6.30. The van der Waals surface area contributed by atoms with Gasteiger partial charge in [0.25, 0.3) is 0 Å². The van der Waals surface area contributed by atoms with Gasteiger partial charge < -0.3 is 50.0 Å². The molecular formula is C13H24O10. The standard InChI is InChI=1S/C13H24O10/c1-4-7(16)10(19)12(6(3-15)21-4)23-13-11(20)9(18)8(17)5(2-14)22-13/h4-20H,2-3H2,1H3/t4-,5?,6?,7?,8-,9-,10+,11?,12+,13-/m0/s1. The predicted octanol–water partition coefficient (Wildman–Crippen LogP) is -4.33. The van der Waals surface area contributed by atoms with Gasteiger partial charge in [-0.05, 0) is 6.92 Å². The molecule has 0 aromatic heterocycles. The Bertz CT molecular complexity index is 378. The third-order valence-corrected chi connectivity index (χ3v) is 4.24. The third-order valence-electron chi connectivity index (χ3n) is 4.24. The maximum absolute atomic E-state index is 10.1. The van der Waals surface area contributed by atoms with Crippen LogP contribution in [0.25, 0.3) is 0 Å². The van der Waals surface area contributed by atoms with Gasteiger partial charge in [0.2, 0.25) is 0 Å². The summed E-state index contributed by atoms with van der Waals surface area (Å²) >= 11 is 0. The highest BCUT2D eigenvalue weighted by atomic mass is 16.7. The second-order valence-electron chi connectivity index (χ2n) is 5.84. The van der Waals surface area contributed by atoms with Crippen molar-refractivity contribution in [1.82, 2.24) is 0 Å². The molecule has 0 spiro atoms. The zero-order valence-corrected chi connectivity index (χ0v) is 12.5. The number of hydrogen-bond acceptors (Lipinski definition) is 10. The Morgan fingerprint density at radius 1 is 0.739 bits per heavy atom. The summed E-state index contributed by atoms with van der Waals surface area (Å²) in [6.07, 6.45) is -13.2. The molecule has 0 radical (unpaired) electrons. The molecule has 23 heavy (non-hydrogen) atoms. The van der Waals surface area contributed by atoms with E-state index in [0.29, 0.717) is 0 Å². The van der Waals surface area contributed by atoms with Gasteiger partial charge in [0.05, 0.1) is 19.3 Å². The van der Waals surface area contributed by atoms with E-state index in [1.54, 1.807) is 0 Å². The molecule has 0 aromatic carbocycles. The van der Waals surface area contributed by atoms with Crippen LogP contribution in [0.2, 0.25) is 0 Å². The van der Waals surface area contributed by atoms with Crippen LogP contribution in [0.3, 0.4) is 0 Å². The van der Waals surface area contributed by atoms with Gasteiger partial charge in [-0.15, -0.1) is 0 Å². The number of aliphatic hydroxyl groups excluding tert-OH is 7. The first-order valence-corrected chi connectivity index (χ1v) is 7.40.